The first-order valence-corrected chi connectivity index (χ1v) is 11.9. The molecule has 1 heterocycles. The average molecular weight is 534 g/mol. The van der Waals surface area contributed by atoms with E-state index < -0.39 is 10.0 Å². The van der Waals surface area contributed by atoms with Crippen molar-refractivity contribution in [2.75, 3.05) is 58.2 Å². The quantitative estimate of drug-likeness (QED) is 0.151. The van der Waals surface area contributed by atoms with Crippen LogP contribution < -0.4 is 15.4 Å². The van der Waals surface area contributed by atoms with E-state index in [0.29, 0.717) is 25.0 Å². The highest BCUT2D eigenvalue weighted by molar-refractivity contribution is 14.0. The van der Waals surface area contributed by atoms with Crippen molar-refractivity contribution in [2.24, 2.45) is 10.9 Å². The van der Waals surface area contributed by atoms with Crippen LogP contribution in [0.15, 0.2) is 4.99 Å². The molecule has 0 aromatic heterocycles. The van der Waals surface area contributed by atoms with Crippen LogP contribution in [0.5, 0.6) is 0 Å². The third-order valence-electron chi connectivity index (χ3n) is 5.01. The van der Waals surface area contributed by atoms with Gasteiger partial charge in [0, 0.05) is 38.8 Å². The van der Waals surface area contributed by atoms with Gasteiger partial charge in [-0.1, -0.05) is 26.7 Å². The summed E-state index contributed by atoms with van der Waals surface area (Å²) >= 11 is 0. The van der Waals surface area contributed by atoms with Crippen LogP contribution in [-0.2, 0) is 14.8 Å². The molecule has 0 aromatic carbocycles. The number of hydrogen-bond donors (Lipinski definition) is 3. The molecule has 28 heavy (non-hydrogen) atoms. The van der Waals surface area contributed by atoms with E-state index in [0.717, 1.165) is 58.2 Å². The number of ether oxygens (including phenoxy) is 1. The van der Waals surface area contributed by atoms with Gasteiger partial charge in [0.05, 0.1) is 25.5 Å². The molecule has 0 aliphatic carbocycles. The Morgan fingerprint density at radius 1 is 1.07 bits per heavy atom. The average Bonchev–Trinajstić information content (AvgIpc) is 2.68. The topological polar surface area (TPSA) is 95.1 Å². The smallest absolute Gasteiger partial charge is 0.211 e. The van der Waals surface area contributed by atoms with E-state index in [1.54, 1.807) is 6.92 Å². The Morgan fingerprint density at radius 3 is 2.25 bits per heavy atom. The third-order valence-corrected chi connectivity index (χ3v) is 6.41. The predicted octanol–water partition coefficient (Wildman–Crippen LogP) is 1.24. The van der Waals surface area contributed by atoms with Crippen molar-refractivity contribution in [3.8, 4) is 0 Å². The molecule has 1 rings (SSSR count). The van der Waals surface area contributed by atoms with Crippen LogP contribution >= 0.6 is 24.0 Å². The Balaban J connectivity index is 0.00000729. The van der Waals surface area contributed by atoms with Gasteiger partial charge in [-0.2, -0.15) is 0 Å². The van der Waals surface area contributed by atoms with E-state index >= 15 is 0 Å². The molecule has 0 radical (unpaired) electrons. The Labute approximate surface area is 188 Å². The number of morpholine rings is 1. The van der Waals surface area contributed by atoms with Crippen molar-refractivity contribution in [2.45, 2.75) is 46.6 Å². The minimum absolute atomic E-state index is 0. The largest absolute Gasteiger partial charge is 0.379 e. The summed E-state index contributed by atoms with van der Waals surface area (Å²) < 4.78 is 31.1. The van der Waals surface area contributed by atoms with Crippen molar-refractivity contribution in [1.82, 2.24) is 20.3 Å². The van der Waals surface area contributed by atoms with E-state index in [-0.39, 0.29) is 29.7 Å². The Morgan fingerprint density at radius 2 is 1.71 bits per heavy atom. The van der Waals surface area contributed by atoms with Crippen LogP contribution in [0, 0.1) is 5.92 Å². The number of hydrogen-bond acceptors (Lipinski definition) is 5. The lowest BCUT2D eigenvalue weighted by Crippen LogP contribution is -2.49. The standard InChI is InChI=1S/C18H39N5O3S.HI/c1-5-16(6-2)17(23-11-13-26-14-12-23)15-21-18(19-7-3)20-9-10-22-27(24,25)8-4;/h16-17,22H,5-15H2,1-4H3,(H2,19,20,21);1H. The zero-order valence-corrected chi connectivity index (χ0v) is 21.0. The fourth-order valence-corrected chi connectivity index (χ4v) is 3.94. The number of sulfonamides is 1. The van der Waals surface area contributed by atoms with Crippen molar-refractivity contribution >= 4 is 40.0 Å². The van der Waals surface area contributed by atoms with Gasteiger partial charge in [0.15, 0.2) is 5.96 Å². The van der Waals surface area contributed by atoms with Crippen molar-refractivity contribution in [3.05, 3.63) is 0 Å². The lowest BCUT2D eigenvalue weighted by Gasteiger charge is -2.38. The molecule has 8 nitrogen and oxygen atoms in total. The second kappa shape index (κ2) is 15.6. The predicted molar refractivity (Wildman–Crippen MR) is 127 cm³/mol. The number of aliphatic imine (C=N–C) groups is 1. The molecule has 0 spiro atoms. The summed E-state index contributed by atoms with van der Waals surface area (Å²) in [7, 11) is -3.16. The number of halogens is 1. The van der Waals surface area contributed by atoms with Crippen molar-refractivity contribution < 1.29 is 13.2 Å². The Bertz CT molecular complexity index is 523. The molecular formula is C18H40IN5O3S. The molecular weight excluding hydrogens is 493 g/mol. The highest BCUT2D eigenvalue weighted by Crippen LogP contribution is 2.20. The normalized spacial score (nSPS) is 17.2. The van der Waals surface area contributed by atoms with Gasteiger partial charge in [0.25, 0.3) is 0 Å². The highest BCUT2D eigenvalue weighted by atomic mass is 127. The maximum Gasteiger partial charge on any atom is 0.211 e. The molecule has 1 saturated heterocycles. The molecule has 10 heteroatoms. The molecule has 1 aliphatic rings. The van der Waals surface area contributed by atoms with Crippen molar-refractivity contribution in [1.29, 1.82) is 0 Å². The van der Waals surface area contributed by atoms with Crippen LogP contribution in [0.2, 0.25) is 0 Å². The SMILES string of the molecule is CCNC(=NCC(C(CC)CC)N1CCOCC1)NCCNS(=O)(=O)CC.I. The van der Waals surface area contributed by atoms with Gasteiger partial charge < -0.3 is 15.4 Å². The first-order chi connectivity index (χ1) is 13.0. The van der Waals surface area contributed by atoms with Crippen LogP contribution in [-0.4, -0.2) is 83.6 Å². The second-order valence-electron chi connectivity index (χ2n) is 6.74. The zero-order valence-electron chi connectivity index (χ0n) is 17.9. The summed E-state index contributed by atoms with van der Waals surface area (Å²) in [6.45, 7) is 14.0. The third kappa shape index (κ3) is 10.6. The summed E-state index contributed by atoms with van der Waals surface area (Å²) in [6.07, 6.45) is 2.27. The van der Waals surface area contributed by atoms with Crippen LogP contribution in [0.4, 0.5) is 0 Å². The second-order valence-corrected chi connectivity index (χ2v) is 8.83. The molecule has 1 unspecified atom stereocenters. The molecule has 0 saturated carbocycles. The van der Waals surface area contributed by atoms with Crippen LogP contribution in [0.3, 0.4) is 0 Å². The van der Waals surface area contributed by atoms with Gasteiger partial charge in [0.2, 0.25) is 10.0 Å². The van der Waals surface area contributed by atoms with Gasteiger partial charge in [-0.05, 0) is 19.8 Å². The molecule has 168 valence electrons. The molecule has 1 atom stereocenters. The highest BCUT2D eigenvalue weighted by Gasteiger charge is 2.26. The number of guanidine groups is 1. The van der Waals surface area contributed by atoms with Gasteiger partial charge in [-0.25, -0.2) is 13.1 Å². The molecule has 0 amide bonds. The maximum absolute atomic E-state index is 11.5. The summed E-state index contributed by atoms with van der Waals surface area (Å²) in [5, 5.41) is 6.47. The monoisotopic (exact) mass is 533 g/mol. The van der Waals surface area contributed by atoms with E-state index in [2.05, 4.69) is 34.1 Å². The van der Waals surface area contributed by atoms with Gasteiger partial charge >= 0.3 is 0 Å². The zero-order chi connectivity index (χ0) is 20.1. The minimum atomic E-state index is -3.16. The van der Waals surface area contributed by atoms with E-state index in [1.165, 1.54) is 0 Å². The molecule has 0 aromatic rings. The van der Waals surface area contributed by atoms with Crippen LogP contribution in [0.25, 0.3) is 0 Å². The lowest BCUT2D eigenvalue weighted by atomic mass is 9.92. The van der Waals surface area contributed by atoms with E-state index in [1.807, 2.05) is 6.92 Å². The van der Waals surface area contributed by atoms with E-state index in [9.17, 15) is 8.42 Å². The summed E-state index contributed by atoms with van der Waals surface area (Å²) in [6, 6.07) is 0.401. The number of rotatable bonds is 12. The fourth-order valence-electron chi connectivity index (χ4n) is 3.32. The molecule has 1 fully saturated rings. The minimum Gasteiger partial charge on any atom is -0.379 e. The van der Waals surface area contributed by atoms with Crippen molar-refractivity contribution in [3.63, 3.8) is 0 Å². The summed E-state index contributed by atoms with van der Waals surface area (Å²) in [5.74, 6) is 1.43. The van der Waals surface area contributed by atoms with Gasteiger partial charge in [-0.3, -0.25) is 9.89 Å². The molecule has 3 N–H and O–H groups in total. The van der Waals surface area contributed by atoms with Crippen LogP contribution in [0.1, 0.15) is 40.5 Å². The van der Waals surface area contributed by atoms with Gasteiger partial charge in [-0.15, -0.1) is 24.0 Å². The molecule has 0 bridgehead atoms. The number of nitrogens with one attached hydrogen (secondary N) is 3. The first kappa shape index (κ1) is 27.8. The van der Waals surface area contributed by atoms with E-state index in [4.69, 9.17) is 9.73 Å². The fraction of sp³-hybridized carbons (Fsp3) is 0.944. The van der Waals surface area contributed by atoms with Gasteiger partial charge in [0.1, 0.15) is 0 Å². The first-order valence-electron chi connectivity index (χ1n) is 10.3. The number of nitrogens with zero attached hydrogens (tertiary/aromatic N) is 2. The summed E-state index contributed by atoms with van der Waals surface area (Å²) in [4.78, 5) is 7.30. The Hall–Kier alpha value is -0.170. The maximum atomic E-state index is 11.5. The summed E-state index contributed by atoms with van der Waals surface area (Å²) in [5.41, 5.74) is 0. The lowest BCUT2D eigenvalue weighted by molar-refractivity contribution is 0.00395. The molecule has 1 aliphatic heterocycles. The Kier molecular flexibility index (Phi) is 15.5.